The van der Waals surface area contributed by atoms with Crippen molar-refractivity contribution < 1.29 is 14.3 Å². The van der Waals surface area contributed by atoms with Crippen molar-refractivity contribution in [2.24, 2.45) is 0 Å². The number of esters is 1. The van der Waals surface area contributed by atoms with Crippen molar-refractivity contribution in [2.45, 2.75) is 50.6 Å². The Bertz CT molecular complexity index is 569. The molecular weight excluding hydrogens is 266 g/mol. The number of hydrogen-bond acceptors (Lipinski definition) is 3. The first-order chi connectivity index (χ1) is 10.1. The van der Waals surface area contributed by atoms with Crippen molar-refractivity contribution in [1.29, 1.82) is 0 Å². The summed E-state index contributed by atoms with van der Waals surface area (Å²) in [5.41, 5.74) is 2.22. The SMILES string of the molecule is COC(=O)C1CC[C@@H]2CCC(c3cccc(C)c3)C(=O)N12. The summed E-state index contributed by atoms with van der Waals surface area (Å²) in [7, 11) is 1.39. The molecule has 4 nitrogen and oxygen atoms in total. The van der Waals surface area contributed by atoms with E-state index in [1.165, 1.54) is 7.11 Å². The van der Waals surface area contributed by atoms with Gasteiger partial charge < -0.3 is 9.64 Å². The van der Waals surface area contributed by atoms with Gasteiger partial charge in [0.2, 0.25) is 5.91 Å². The van der Waals surface area contributed by atoms with Gasteiger partial charge in [0.1, 0.15) is 6.04 Å². The molecule has 112 valence electrons. The summed E-state index contributed by atoms with van der Waals surface area (Å²) in [5.74, 6) is -0.313. The summed E-state index contributed by atoms with van der Waals surface area (Å²) >= 11 is 0. The second kappa shape index (κ2) is 5.51. The van der Waals surface area contributed by atoms with Gasteiger partial charge >= 0.3 is 5.97 Å². The maximum Gasteiger partial charge on any atom is 0.328 e. The van der Waals surface area contributed by atoms with Crippen molar-refractivity contribution in [3.63, 3.8) is 0 Å². The molecule has 1 aromatic rings. The van der Waals surface area contributed by atoms with Crippen LogP contribution in [0.5, 0.6) is 0 Å². The molecule has 0 bridgehead atoms. The molecule has 1 aromatic carbocycles. The van der Waals surface area contributed by atoms with Crippen LogP contribution in [0.4, 0.5) is 0 Å². The van der Waals surface area contributed by atoms with Crippen LogP contribution in [0.2, 0.25) is 0 Å². The largest absolute Gasteiger partial charge is 0.467 e. The number of carbonyl (C=O) groups excluding carboxylic acids is 2. The van der Waals surface area contributed by atoms with E-state index in [0.717, 1.165) is 36.8 Å². The number of ether oxygens (including phenoxy) is 1. The van der Waals surface area contributed by atoms with Crippen LogP contribution in [0.1, 0.15) is 42.7 Å². The normalized spacial score (nSPS) is 28.4. The monoisotopic (exact) mass is 287 g/mol. The molecule has 3 rings (SSSR count). The minimum absolute atomic E-state index is 0.0877. The minimum Gasteiger partial charge on any atom is -0.467 e. The molecule has 2 heterocycles. The molecule has 2 fully saturated rings. The number of fused-ring (bicyclic) bond motifs is 1. The van der Waals surface area contributed by atoms with E-state index in [9.17, 15) is 9.59 Å². The number of benzene rings is 1. The molecule has 0 spiro atoms. The lowest BCUT2D eigenvalue weighted by Crippen LogP contribution is -2.50. The molecule has 4 heteroatoms. The second-order valence-corrected chi connectivity index (χ2v) is 6.06. The van der Waals surface area contributed by atoms with Gasteiger partial charge in [-0.15, -0.1) is 0 Å². The van der Waals surface area contributed by atoms with Crippen molar-refractivity contribution in [1.82, 2.24) is 4.90 Å². The Morgan fingerprint density at radius 3 is 2.71 bits per heavy atom. The summed E-state index contributed by atoms with van der Waals surface area (Å²) in [6.07, 6.45) is 3.48. The average Bonchev–Trinajstić information content (AvgIpc) is 2.91. The highest BCUT2D eigenvalue weighted by Gasteiger charge is 2.46. The Morgan fingerprint density at radius 2 is 2.00 bits per heavy atom. The van der Waals surface area contributed by atoms with Crippen molar-refractivity contribution in [2.75, 3.05) is 7.11 Å². The molecule has 0 saturated carbocycles. The van der Waals surface area contributed by atoms with Crippen LogP contribution in [-0.4, -0.2) is 36.0 Å². The van der Waals surface area contributed by atoms with E-state index in [1.807, 2.05) is 25.1 Å². The van der Waals surface area contributed by atoms with Gasteiger partial charge in [0.05, 0.1) is 13.0 Å². The number of piperidine rings is 1. The van der Waals surface area contributed by atoms with E-state index < -0.39 is 0 Å². The molecule has 0 N–H and O–H groups in total. The van der Waals surface area contributed by atoms with Crippen molar-refractivity contribution in [3.05, 3.63) is 35.4 Å². The molecule has 2 saturated heterocycles. The van der Waals surface area contributed by atoms with E-state index in [-0.39, 0.29) is 29.9 Å². The first-order valence-electron chi connectivity index (χ1n) is 7.58. The van der Waals surface area contributed by atoms with Crippen LogP contribution in [0.25, 0.3) is 0 Å². The molecule has 0 aliphatic carbocycles. The van der Waals surface area contributed by atoms with Crippen LogP contribution in [0, 0.1) is 6.92 Å². The highest BCUT2D eigenvalue weighted by atomic mass is 16.5. The predicted octanol–water partition coefficient (Wildman–Crippen LogP) is 2.41. The van der Waals surface area contributed by atoms with Gasteiger partial charge in [-0.25, -0.2) is 4.79 Å². The first-order valence-corrected chi connectivity index (χ1v) is 7.58. The number of aryl methyl sites for hydroxylation is 1. The Balaban J connectivity index is 1.87. The zero-order chi connectivity index (χ0) is 15.0. The Morgan fingerprint density at radius 1 is 1.24 bits per heavy atom. The summed E-state index contributed by atoms with van der Waals surface area (Å²) in [5, 5.41) is 0. The second-order valence-electron chi connectivity index (χ2n) is 6.06. The molecule has 0 radical (unpaired) electrons. The highest BCUT2D eigenvalue weighted by molar-refractivity contribution is 5.90. The van der Waals surface area contributed by atoms with Gasteiger partial charge in [-0.1, -0.05) is 29.8 Å². The fourth-order valence-corrected chi connectivity index (χ4v) is 3.73. The third kappa shape index (κ3) is 2.43. The molecule has 3 atom stereocenters. The zero-order valence-corrected chi connectivity index (χ0v) is 12.5. The molecule has 2 aliphatic heterocycles. The predicted molar refractivity (Wildman–Crippen MR) is 78.8 cm³/mol. The smallest absolute Gasteiger partial charge is 0.328 e. The van der Waals surface area contributed by atoms with Gasteiger partial charge in [-0.2, -0.15) is 0 Å². The number of carbonyl (C=O) groups is 2. The van der Waals surface area contributed by atoms with E-state index >= 15 is 0 Å². The fourth-order valence-electron chi connectivity index (χ4n) is 3.73. The number of hydrogen-bond donors (Lipinski definition) is 0. The maximum atomic E-state index is 12.9. The van der Waals surface area contributed by atoms with E-state index in [1.54, 1.807) is 4.90 Å². The van der Waals surface area contributed by atoms with Gasteiger partial charge in [0.15, 0.2) is 0 Å². The van der Waals surface area contributed by atoms with Crippen LogP contribution < -0.4 is 0 Å². The summed E-state index contributed by atoms with van der Waals surface area (Å²) in [4.78, 5) is 26.6. The Labute approximate surface area is 125 Å². The summed E-state index contributed by atoms with van der Waals surface area (Å²) in [6.45, 7) is 2.03. The molecule has 2 aliphatic rings. The molecular formula is C17H21NO3. The molecule has 2 unspecified atom stereocenters. The molecule has 21 heavy (non-hydrogen) atoms. The third-order valence-corrected chi connectivity index (χ3v) is 4.76. The average molecular weight is 287 g/mol. The van der Waals surface area contributed by atoms with Crippen LogP contribution in [0.15, 0.2) is 24.3 Å². The van der Waals surface area contributed by atoms with Gasteiger partial charge in [0, 0.05) is 6.04 Å². The van der Waals surface area contributed by atoms with E-state index in [4.69, 9.17) is 4.74 Å². The molecule has 0 aromatic heterocycles. The van der Waals surface area contributed by atoms with Crippen molar-refractivity contribution in [3.8, 4) is 0 Å². The van der Waals surface area contributed by atoms with Crippen molar-refractivity contribution >= 4 is 11.9 Å². The maximum absolute atomic E-state index is 12.9. The van der Waals surface area contributed by atoms with Crippen LogP contribution >= 0.6 is 0 Å². The summed E-state index contributed by atoms with van der Waals surface area (Å²) in [6, 6.07) is 7.94. The number of methoxy groups -OCH3 is 1. The number of rotatable bonds is 2. The topological polar surface area (TPSA) is 46.6 Å². The van der Waals surface area contributed by atoms with Gasteiger partial charge in [0.25, 0.3) is 0 Å². The van der Waals surface area contributed by atoms with E-state index in [2.05, 4.69) is 6.07 Å². The quantitative estimate of drug-likeness (QED) is 0.785. The zero-order valence-electron chi connectivity index (χ0n) is 12.5. The van der Waals surface area contributed by atoms with Gasteiger partial charge in [-0.05, 0) is 38.2 Å². The van der Waals surface area contributed by atoms with E-state index in [0.29, 0.717) is 0 Å². The molecule has 1 amide bonds. The summed E-state index contributed by atoms with van der Waals surface area (Å²) < 4.78 is 4.86. The number of nitrogens with zero attached hydrogens (tertiary/aromatic N) is 1. The van der Waals surface area contributed by atoms with Crippen LogP contribution in [-0.2, 0) is 14.3 Å². The Hall–Kier alpha value is -1.84. The number of amides is 1. The fraction of sp³-hybridized carbons (Fsp3) is 0.529. The Kier molecular flexibility index (Phi) is 3.70. The van der Waals surface area contributed by atoms with Gasteiger partial charge in [-0.3, -0.25) is 4.79 Å². The highest BCUT2D eigenvalue weighted by Crippen LogP contribution is 2.39. The standard InChI is InChI=1S/C17H21NO3/c1-11-4-3-5-12(10-11)14-8-6-13-7-9-15(17(20)21-2)18(13)16(14)19/h3-5,10,13-15H,6-9H2,1-2H3/t13-,14?,15?/m0/s1. The lowest BCUT2D eigenvalue weighted by molar-refractivity contribution is -0.154. The third-order valence-electron chi connectivity index (χ3n) is 4.76. The van der Waals surface area contributed by atoms with Crippen LogP contribution in [0.3, 0.4) is 0 Å². The minimum atomic E-state index is -0.389. The lowest BCUT2D eigenvalue weighted by Gasteiger charge is -2.37. The first kappa shape index (κ1) is 14.1. The lowest BCUT2D eigenvalue weighted by atomic mass is 9.86.